The van der Waals surface area contributed by atoms with Gasteiger partial charge < -0.3 is 5.32 Å². The van der Waals surface area contributed by atoms with E-state index < -0.39 is 11.4 Å². The van der Waals surface area contributed by atoms with Crippen LogP contribution in [0, 0.1) is 23.1 Å². The Kier molecular flexibility index (Phi) is 5.00. The Morgan fingerprint density at radius 2 is 2.19 bits per heavy atom. The highest BCUT2D eigenvalue weighted by atomic mass is 79.9. The van der Waals surface area contributed by atoms with Crippen LogP contribution >= 0.6 is 15.9 Å². The number of nitrogens with one attached hydrogen (secondary N) is 1. The molecule has 1 fully saturated rings. The summed E-state index contributed by atoms with van der Waals surface area (Å²) in [5.74, 6) is -0.0967. The molecule has 1 amide bonds. The number of carbonyl (C=O) groups is 1. The summed E-state index contributed by atoms with van der Waals surface area (Å²) in [6.45, 7) is 2.15. The fourth-order valence-corrected chi connectivity index (χ4v) is 3.15. The topological polar surface area (TPSA) is 52.9 Å². The van der Waals surface area contributed by atoms with Crippen molar-refractivity contribution in [2.24, 2.45) is 5.92 Å². The van der Waals surface area contributed by atoms with E-state index in [2.05, 4.69) is 34.2 Å². The lowest BCUT2D eigenvalue weighted by Crippen LogP contribution is -2.49. The zero-order valence-corrected chi connectivity index (χ0v) is 13.5. The first-order valence-electron chi connectivity index (χ1n) is 7.18. The maximum atomic E-state index is 13.2. The fraction of sp³-hybridized carbons (Fsp3) is 0.500. The maximum absolute atomic E-state index is 13.2. The van der Waals surface area contributed by atoms with Gasteiger partial charge in [0.15, 0.2) is 0 Å². The van der Waals surface area contributed by atoms with Crippen LogP contribution in [0.1, 0.15) is 49.4 Å². The molecule has 0 aliphatic heterocycles. The molecular weight excluding hydrogens is 335 g/mol. The summed E-state index contributed by atoms with van der Waals surface area (Å²) < 4.78 is 13.5. The molecule has 0 saturated heterocycles. The SMILES string of the molecule is CCC1CCC(C#N)(NC(=O)c2ccc(F)c(Br)c2)CC1. The molecule has 1 aliphatic rings. The predicted octanol–water partition coefficient (Wildman–Crippen LogP) is 4.18. The Morgan fingerprint density at radius 3 is 2.71 bits per heavy atom. The summed E-state index contributed by atoms with van der Waals surface area (Å²) in [6, 6.07) is 6.38. The number of nitrogens with zero attached hydrogens (tertiary/aromatic N) is 1. The lowest BCUT2D eigenvalue weighted by atomic mass is 9.76. The van der Waals surface area contributed by atoms with Crippen molar-refractivity contribution in [3.05, 3.63) is 34.1 Å². The van der Waals surface area contributed by atoms with Crippen molar-refractivity contribution in [3.63, 3.8) is 0 Å². The van der Waals surface area contributed by atoms with Gasteiger partial charge in [-0.1, -0.05) is 13.3 Å². The average Bonchev–Trinajstić information content (AvgIpc) is 2.50. The molecule has 0 spiro atoms. The lowest BCUT2D eigenvalue weighted by Gasteiger charge is -2.35. The number of hydrogen-bond acceptors (Lipinski definition) is 2. The van der Waals surface area contributed by atoms with Crippen LogP contribution in [0.15, 0.2) is 22.7 Å². The summed E-state index contributed by atoms with van der Waals surface area (Å²) >= 11 is 3.07. The fourth-order valence-electron chi connectivity index (χ4n) is 2.77. The Bertz CT molecular complexity index is 574. The predicted molar refractivity (Wildman–Crippen MR) is 82.2 cm³/mol. The molecule has 0 heterocycles. The monoisotopic (exact) mass is 352 g/mol. The summed E-state index contributed by atoms with van der Waals surface area (Å²) in [4.78, 5) is 12.3. The first-order chi connectivity index (χ1) is 9.99. The van der Waals surface area contributed by atoms with Gasteiger partial charge in [0, 0.05) is 5.56 Å². The smallest absolute Gasteiger partial charge is 0.252 e. The Balaban J connectivity index is 2.10. The molecule has 21 heavy (non-hydrogen) atoms. The van der Waals surface area contributed by atoms with E-state index in [1.54, 1.807) is 0 Å². The standard InChI is InChI=1S/C16H18BrFN2O/c1-2-11-5-7-16(10-19,8-6-11)20-15(21)12-3-4-14(18)13(17)9-12/h3-4,9,11H,2,5-8H2,1H3,(H,20,21). The van der Waals surface area contributed by atoms with E-state index in [9.17, 15) is 14.4 Å². The van der Waals surface area contributed by atoms with Gasteiger partial charge >= 0.3 is 0 Å². The molecule has 0 bridgehead atoms. The molecule has 1 aromatic rings. The van der Waals surface area contributed by atoms with E-state index >= 15 is 0 Å². The number of nitriles is 1. The maximum Gasteiger partial charge on any atom is 0.252 e. The third-order valence-corrected chi connectivity index (χ3v) is 4.89. The lowest BCUT2D eigenvalue weighted by molar-refractivity contribution is 0.0891. The van der Waals surface area contributed by atoms with Gasteiger partial charge in [0.1, 0.15) is 11.4 Å². The number of halogens is 2. The van der Waals surface area contributed by atoms with Crippen molar-refractivity contribution in [1.82, 2.24) is 5.32 Å². The van der Waals surface area contributed by atoms with Gasteiger partial charge in [0.2, 0.25) is 0 Å². The van der Waals surface area contributed by atoms with Gasteiger partial charge in [0.25, 0.3) is 5.91 Å². The van der Waals surface area contributed by atoms with E-state index in [-0.39, 0.29) is 10.4 Å². The molecule has 1 aromatic carbocycles. The van der Waals surface area contributed by atoms with Crippen LogP contribution in [0.4, 0.5) is 4.39 Å². The largest absolute Gasteiger partial charge is 0.334 e. The zero-order chi connectivity index (χ0) is 15.5. The first-order valence-corrected chi connectivity index (χ1v) is 7.98. The molecule has 0 unspecified atom stereocenters. The Morgan fingerprint density at radius 1 is 1.52 bits per heavy atom. The summed E-state index contributed by atoms with van der Waals surface area (Å²) in [5, 5.41) is 12.3. The van der Waals surface area contributed by atoms with Crippen molar-refractivity contribution in [2.45, 2.75) is 44.6 Å². The third-order valence-electron chi connectivity index (χ3n) is 4.28. The van der Waals surface area contributed by atoms with Gasteiger partial charge in [-0.05, 0) is 65.7 Å². The molecule has 2 rings (SSSR count). The normalized spacial score (nSPS) is 25.1. The zero-order valence-electron chi connectivity index (χ0n) is 12.0. The molecule has 5 heteroatoms. The van der Waals surface area contributed by atoms with E-state index in [1.807, 2.05) is 0 Å². The molecule has 1 aliphatic carbocycles. The number of amides is 1. The van der Waals surface area contributed by atoms with E-state index in [0.717, 1.165) is 19.3 Å². The van der Waals surface area contributed by atoms with Crippen LogP contribution in [-0.4, -0.2) is 11.4 Å². The molecule has 1 N–H and O–H groups in total. The molecule has 0 aromatic heterocycles. The minimum atomic E-state index is -0.788. The second-order valence-corrected chi connectivity index (χ2v) is 6.48. The van der Waals surface area contributed by atoms with Crippen molar-refractivity contribution in [3.8, 4) is 6.07 Å². The van der Waals surface area contributed by atoms with Crippen molar-refractivity contribution in [1.29, 1.82) is 5.26 Å². The molecular formula is C16H18BrFN2O. The number of hydrogen-bond donors (Lipinski definition) is 1. The van der Waals surface area contributed by atoms with Crippen molar-refractivity contribution in [2.75, 3.05) is 0 Å². The van der Waals surface area contributed by atoms with Gasteiger partial charge in [0.05, 0.1) is 10.5 Å². The number of carbonyl (C=O) groups excluding carboxylic acids is 1. The highest BCUT2D eigenvalue weighted by Crippen LogP contribution is 2.33. The van der Waals surface area contributed by atoms with Crippen LogP contribution in [0.2, 0.25) is 0 Å². The number of rotatable bonds is 3. The van der Waals surface area contributed by atoms with E-state index in [4.69, 9.17) is 0 Å². The van der Waals surface area contributed by atoms with Crippen LogP contribution in [0.5, 0.6) is 0 Å². The van der Waals surface area contributed by atoms with Crippen molar-refractivity contribution < 1.29 is 9.18 Å². The Labute approximate surface area is 132 Å². The van der Waals surface area contributed by atoms with Gasteiger partial charge in [-0.25, -0.2) is 4.39 Å². The van der Waals surface area contributed by atoms with E-state index in [1.165, 1.54) is 18.2 Å². The number of benzene rings is 1. The summed E-state index contributed by atoms with van der Waals surface area (Å²) in [6.07, 6.45) is 4.38. The molecule has 112 valence electrons. The van der Waals surface area contributed by atoms with Crippen molar-refractivity contribution >= 4 is 21.8 Å². The van der Waals surface area contributed by atoms with Gasteiger partial charge in [-0.3, -0.25) is 4.79 Å². The molecule has 0 radical (unpaired) electrons. The van der Waals surface area contributed by atoms with E-state index in [0.29, 0.717) is 24.3 Å². The Hall–Kier alpha value is -1.41. The highest BCUT2D eigenvalue weighted by molar-refractivity contribution is 9.10. The van der Waals surface area contributed by atoms with Crippen LogP contribution < -0.4 is 5.32 Å². The average molecular weight is 353 g/mol. The van der Waals surface area contributed by atoms with Crippen LogP contribution in [-0.2, 0) is 0 Å². The van der Waals surface area contributed by atoms with Crippen LogP contribution in [0.25, 0.3) is 0 Å². The van der Waals surface area contributed by atoms with Gasteiger partial charge in [-0.15, -0.1) is 0 Å². The molecule has 0 atom stereocenters. The molecule has 1 saturated carbocycles. The quantitative estimate of drug-likeness (QED) is 0.886. The minimum Gasteiger partial charge on any atom is -0.334 e. The summed E-state index contributed by atoms with van der Waals surface area (Å²) in [7, 11) is 0. The third kappa shape index (κ3) is 3.62. The van der Waals surface area contributed by atoms with Crippen LogP contribution in [0.3, 0.4) is 0 Å². The summed E-state index contributed by atoms with van der Waals surface area (Å²) in [5.41, 5.74) is -0.431. The first kappa shape index (κ1) is 16.0. The second-order valence-electron chi connectivity index (χ2n) is 5.63. The second kappa shape index (κ2) is 6.57. The highest BCUT2D eigenvalue weighted by Gasteiger charge is 2.36. The minimum absolute atomic E-state index is 0.246. The molecule has 3 nitrogen and oxygen atoms in total. The van der Waals surface area contributed by atoms with Gasteiger partial charge in [-0.2, -0.15) is 5.26 Å².